The summed E-state index contributed by atoms with van der Waals surface area (Å²) in [5.74, 6) is 0.405. The highest BCUT2D eigenvalue weighted by Gasteiger charge is 2.31. The van der Waals surface area contributed by atoms with Crippen molar-refractivity contribution in [2.45, 2.75) is 9.97 Å². The zero-order chi connectivity index (χ0) is 17.2. The summed E-state index contributed by atoms with van der Waals surface area (Å²) in [4.78, 5) is 11.1. The first-order valence-corrected chi connectivity index (χ1v) is 9.58. The third-order valence-corrected chi connectivity index (χ3v) is 5.66. The summed E-state index contributed by atoms with van der Waals surface area (Å²) in [6, 6.07) is 10.3. The zero-order valence-electron chi connectivity index (χ0n) is 11.6. The molecule has 0 unspecified atom stereocenters. The first-order chi connectivity index (χ1) is 10.7. The number of ether oxygens (including phenoxy) is 1. The van der Waals surface area contributed by atoms with E-state index < -0.39 is 9.51 Å². The van der Waals surface area contributed by atoms with Gasteiger partial charge in [-0.3, -0.25) is 0 Å². The van der Waals surface area contributed by atoms with Gasteiger partial charge in [0.05, 0.1) is 3.57 Å². The van der Waals surface area contributed by atoms with Crippen LogP contribution in [-0.4, -0.2) is 19.7 Å². The number of rotatable bonds is 5. The van der Waals surface area contributed by atoms with Crippen molar-refractivity contribution in [2.24, 2.45) is 5.73 Å². The van der Waals surface area contributed by atoms with E-state index in [1.807, 2.05) is 12.1 Å². The quantitative estimate of drug-likeness (QED) is 0.258. The van der Waals surface area contributed by atoms with Crippen molar-refractivity contribution in [3.05, 3.63) is 49.1 Å². The molecule has 0 aliphatic heterocycles. The number of hydrogen-bond donors (Lipinski definition) is 3. The van der Waals surface area contributed by atoms with Crippen molar-refractivity contribution >= 4 is 73.7 Å². The number of carboxylic acids is 1. The van der Waals surface area contributed by atoms with Gasteiger partial charge in [0, 0.05) is 9.99 Å². The van der Waals surface area contributed by atoms with Crippen molar-refractivity contribution < 1.29 is 19.7 Å². The van der Waals surface area contributed by atoms with Gasteiger partial charge in [-0.05, 0) is 104 Å². The fraction of sp³-hybridized carbons (Fsp3) is 0.133. The second-order valence-electron chi connectivity index (χ2n) is 4.81. The highest BCUT2D eigenvalue weighted by Crippen LogP contribution is 2.31. The molecule has 2 rings (SSSR count). The van der Waals surface area contributed by atoms with Crippen molar-refractivity contribution in [1.29, 1.82) is 0 Å². The van der Waals surface area contributed by atoms with Gasteiger partial charge in [-0.25, -0.2) is 4.79 Å². The van der Waals surface area contributed by atoms with Gasteiger partial charge in [-0.1, -0.05) is 6.07 Å². The average molecular weight is 651 g/mol. The van der Waals surface area contributed by atoms with Crippen LogP contribution in [0.4, 0.5) is 0 Å². The van der Waals surface area contributed by atoms with Crippen LogP contribution in [0.2, 0.25) is 0 Å². The molecule has 5 nitrogen and oxygen atoms in total. The predicted octanol–water partition coefficient (Wildman–Crippen LogP) is 4.11. The van der Waals surface area contributed by atoms with Crippen LogP contribution in [0.15, 0.2) is 36.4 Å². The summed E-state index contributed by atoms with van der Waals surface area (Å²) in [6.07, 6.45) is 0.220. The summed E-state index contributed by atoms with van der Waals surface area (Å²) < 4.78 is 6.13. The van der Waals surface area contributed by atoms with Gasteiger partial charge in [-0.2, -0.15) is 0 Å². The molecule has 0 spiro atoms. The number of hydrogen-bond acceptors (Lipinski definition) is 4. The predicted molar refractivity (Wildman–Crippen MR) is 112 cm³/mol. The number of carboxylic acid groups (broad SMARTS) is 1. The largest absolute Gasteiger partial charge is 0.508 e. The molecule has 0 fully saturated rings. The Labute approximate surface area is 174 Å². The fourth-order valence-electron chi connectivity index (χ4n) is 1.79. The van der Waals surface area contributed by atoms with E-state index in [0.29, 0.717) is 11.5 Å². The smallest absolute Gasteiger partial charge is 0.334 e. The summed E-state index contributed by atoms with van der Waals surface area (Å²) >= 11 is 5.96. The molecule has 4 N–H and O–H groups in total. The van der Waals surface area contributed by atoms with E-state index in [4.69, 9.17) is 15.6 Å². The number of halogens is 3. The second-order valence-corrected chi connectivity index (χ2v) is 9.06. The molecule has 0 amide bonds. The molecule has 0 bridgehead atoms. The van der Waals surface area contributed by atoms with E-state index in [2.05, 4.69) is 45.2 Å². The third-order valence-electron chi connectivity index (χ3n) is 2.97. The van der Waals surface area contributed by atoms with Crippen molar-refractivity contribution in [2.75, 3.05) is 0 Å². The summed E-state index contributed by atoms with van der Waals surface area (Å²) in [5.41, 5.74) is 6.63. The Morgan fingerprint density at radius 3 is 2.43 bits per heavy atom. The lowest BCUT2D eigenvalue weighted by Gasteiger charge is -2.18. The number of alkyl halides is 1. The van der Waals surface area contributed by atoms with Crippen LogP contribution in [-0.2, 0) is 11.2 Å². The van der Waals surface area contributed by atoms with Gasteiger partial charge in [-0.15, -0.1) is 0 Å². The Bertz CT molecular complexity index is 749. The SMILES string of the molecule is N[C@](I)(Cc1ccc(Oc2ccc(O)cc2I)cc1I)C(=O)O. The molecule has 0 radical (unpaired) electrons. The number of aliphatic carboxylic acids is 1. The van der Waals surface area contributed by atoms with E-state index in [-0.39, 0.29) is 12.2 Å². The first-order valence-electron chi connectivity index (χ1n) is 6.35. The lowest BCUT2D eigenvalue weighted by Crippen LogP contribution is -2.43. The Balaban J connectivity index is 2.21. The van der Waals surface area contributed by atoms with Crippen LogP contribution in [0.3, 0.4) is 0 Å². The third kappa shape index (κ3) is 5.06. The highest BCUT2D eigenvalue weighted by atomic mass is 127. The normalized spacial score (nSPS) is 13.4. The minimum atomic E-state index is -1.34. The summed E-state index contributed by atoms with van der Waals surface area (Å²) in [6.45, 7) is 0. The number of nitrogens with two attached hydrogens (primary N) is 1. The van der Waals surface area contributed by atoms with Gasteiger partial charge in [0.15, 0.2) is 3.55 Å². The Hall–Kier alpha value is -0.340. The van der Waals surface area contributed by atoms with E-state index in [0.717, 1.165) is 12.7 Å². The molecule has 0 aliphatic rings. The summed E-state index contributed by atoms with van der Waals surface area (Å²) in [5, 5.41) is 18.5. The van der Waals surface area contributed by atoms with Gasteiger partial charge in [0.1, 0.15) is 17.2 Å². The van der Waals surface area contributed by atoms with Crippen LogP contribution >= 0.6 is 67.8 Å². The molecule has 2 aromatic carbocycles. The lowest BCUT2D eigenvalue weighted by molar-refractivity contribution is -0.139. The van der Waals surface area contributed by atoms with Crippen LogP contribution < -0.4 is 10.5 Å². The molecule has 0 heterocycles. The molecule has 8 heteroatoms. The van der Waals surface area contributed by atoms with E-state index in [9.17, 15) is 9.90 Å². The maximum absolute atomic E-state index is 11.1. The molecule has 0 aromatic heterocycles. The number of aromatic hydroxyl groups is 1. The fourth-order valence-corrected chi connectivity index (χ4v) is 3.48. The molecular formula is C15H12I3NO4. The van der Waals surface area contributed by atoms with E-state index in [1.165, 1.54) is 0 Å². The molecule has 23 heavy (non-hydrogen) atoms. The number of carbonyl (C=O) groups is 1. The number of benzene rings is 2. The number of phenols is 1. The summed E-state index contributed by atoms with van der Waals surface area (Å²) in [7, 11) is 0. The minimum absolute atomic E-state index is 0.182. The average Bonchev–Trinajstić information content (AvgIpc) is 2.44. The Morgan fingerprint density at radius 2 is 1.87 bits per heavy atom. The molecule has 0 aliphatic carbocycles. The first kappa shape index (κ1) is 19.0. The Morgan fingerprint density at radius 1 is 1.17 bits per heavy atom. The zero-order valence-corrected chi connectivity index (χ0v) is 18.1. The van der Waals surface area contributed by atoms with Crippen LogP contribution in [0, 0.1) is 7.14 Å². The lowest BCUT2D eigenvalue weighted by atomic mass is 10.1. The van der Waals surface area contributed by atoms with Crippen LogP contribution in [0.25, 0.3) is 0 Å². The maximum Gasteiger partial charge on any atom is 0.334 e. The second kappa shape index (κ2) is 7.70. The van der Waals surface area contributed by atoms with Gasteiger partial charge in [0.25, 0.3) is 0 Å². The van der Waals surface area contributed by atoms with E-state index in [1.54, 1.807) is 46.9 Å². The molecule has 122 valence electrons. The minimum Gasteiger partial charge on any atom is -0.508 e. The van der Waals surface area contributed by atoms with Crippen molar-refractivity contribution in [3.63, 3.8) is 0 Å². The topological polar surface area (TPSA) is 92.8 Å². The highest BCUT2D eigenvalue weighted by molar-refractivity contribution is 14.1. The molecule has 0 saturated heterocycles. The monoisotopic (exact) mass is 651 g/mol. The molecule has 2 aromatic rings. The van der Waals surface area contributed by atoms with Gasteiger partial charge in [0.2, 0.25) is 0 Å². The van der Waals surface area contributed by atoms with Gasteiger partial charge < -0.3 is 20.7 Å². The Kier molecular flexibility index (Phi) is 6.35. The number of phenolic OH excluding ortho intramolecular Hbond substituents is 1. The van der Waals surface area contributed by atoms with Crippen molar-refractivity contribution in [3.8, 4) is 17.2 Å². The standard InChI is InChI=1S/C15H12I3NO4/c16-11-6-10(23-13-4-2-9(20)5-12(13)17)3-1-8(11)7-15(18,19)14(21)22/h1-6,20H,7,19H2,(H,21,22)/t15-/m1/s1. The van der Waals surface area contributed by atoms with E-state index >= 15 is 0 Å². The molecule has 1 atom stereocenters. The maximum atomic E-state index is 11.1. The van der Waals surface area contributed by atoms with Gasteiger partial charge >= 0.3 is 5.97 Å². The molecule has 0 saturated carbocycles. The molecular weight excluding hydrogens is 639 g/mol. The van der Waals surface area contributed by atoms with Crippen LogP contribution in [0.1, 0.15) is 5.56 Å². The van der Waals surface area contributed by atoms with Crippen LogP contribution in [0.5, 0.6) is 17.2 Å². The van der Waals surface area contributed by atoms with Crippen molar-refractivity contribution in [1.82, 2.24) is 0 Å².